The van der Waals surface area contributed by atoms with E-state index in [9.17, 15) is 0 Å². The zero-order valence-electron chi connectivity index (χ0n) is 11.8. The lowest BCUT2D eigenvalue weighted by Crippen LogP contribution is -2.09. The second kappa shape index (κ2) is 6.66. The molecule has 0 aromatic carbocycles. The van der Waals surface area contributed by atoms with Crippen molar-refractivity contribution in [2.24, 2.45) is 7.05 Å². The van der Waals surface area contributed by atoms with Gasteiger partial charge in [0.15, 0.2) is 5.65 Å². The molecule has 2 heterocycles. The van der Waals surface area contributed by atoms with Gasteiger partial charge in [-0.05, 0) is 12.7 Å². The second-order valence-electron chi connectivity index (χ2n) is 4.60. The van der Waals surface area contributed by atoms with Crippen LogP contribution in [0.15, 0.2) is 0 Å². The minimum atomic E-state index is 0.610. The molecule has 0 bridgehead atoms. The van der Waals surface area contributed by atoms with Gasteiger partial charge in [0.2, 0.25) is 0 Å². The van der Waals surface area contributed by atoms with E-state index >= 15 is 0 Å². The SMILES string of the molecule is CCCc1nn(C)c2c1nc(CCCl)n2CCSC. The summed E-state index contributed by atoms with van der Waals surface area (Å²) >= 11 is 7.74. The number of aromatic nitrogens is 4. The van der Waals surface area contributed by atoms with Crippen LogP contribution in [0.4, 0.5) is 0 Å². The fourth-order valence-corrected chi connectivity index (χ4v) is 2.92. The molecular weight excluding hydrogens is 280 g/mol. The Morgan fingerprint density at radius 3 is 2.74 bits per heavy atom. The number of imidazole rings is 1. The van der Waals surface area contributed by atoms with Crippen molar-refractivity contribution < 1.29 is 0 Å². The second-order valence-corrected chi connectivity index (χ2v) is 5.97. The number of halogens is 1. The molecule has 2 aromatic heterocycles. The van der Waals surface area contributed by atoms with Crippen LogP contribution >= 0.6 is 23.4 Å². The first-order valence-electron chi connectivity index (χ1n) is 6.68. The zero-order chi connectivity index (χ0) is 13.8. The van der Waals surface area contributed by atoms with Gasteiger partial charge in [0.1, 0.15) is 11.3 Å². The van der Waals surface area contributed by atoms with Crippen LogP contribution in [0, 0.1) is 0 Å². The van der Waals surface area contributed by atoms with Crippen molar-refractivity contribution in [2.75, 3.05) is 17.9 Å². The van der Waals surface area contributed by atoms with Crippen LogP contribution in [0.3, 0.4) is 0 Å². The molecule has 6 heteroatoms. The van der Waals surface area contributed by atoms with Crippen molar-refractivity contribution in [3.8, 4) is 0 Å². The van der Waals surface area contributed by atoms with Crippen molar-refractivity contribution in [2.45, 2.75) is 32.7 Å². The fraction of sp³-hybridized carbons (Fsp3) is 0.692. The standard InChI is InChI=1S/C13H21ClN4S/c1-4-5-10-12-13(17(2)16-10)18(8-9-19-3)11(15-12)6-7-14/h4-9H2,1-3H3. The maximum Gasteiger partial charge on any atom is 0.158 e. The van der Waals surface area contributed by atoms with E-state index < -0.39 is 0 Å². The highest BCUT2D eigenvalue weighted by atomic mass is 35.5. The number of fused-ring (bicyclic) bond motifs is 1. The molecule has 0 saturated heterocycles. The topological polar surface area (TPSA) is 35.6 Å². The molecule has 0 N–H and O–H groups in total. The highest BCUT2D eigenvalue weighted by Crippen LogP contribution is 2.21. The molecule has 4 nitrogen and oxygen atoms in total. The number of thioether (sulfide) groups is 1. The maximum absolute atomic E-state index is 5.90. The molecule has 0 fully saturated rings. The highest BCUT2D eigenvalue weighted by molar-refractivity contribution is 7.98. The first-order valence-corrected chi connectivity index (χ1v) is 8.61. The van der Waals surface area contributed by atoms with Crippen molar-refractivity contribution in [3.63, 3.8) is 0 Å². The maximum atomic E-state index is 5.90. The molecule has 2 rings (SSSR count). The van der Waals surface area contributed by atoms with Crippen molar-refractivity contribution in [1.82, 2.24) is 19.3 Å². The van der Waals surface area contributed by atoms with Gasteiger partial charge in [-0.15, -0.1) is 11.6 Å². The van der Waals surface area contributed by atoms with Crippen LogP contribution < -0.4 is 0 Å². The molecular formula is C13H21ClN4S. The van der Waals surface area contributed by atoms with E-state index in [1.165, 1.54) is 0 Å². The number of hydrogen-bond donors (Lipinski definition) is 0. The Morgan fingerprint density at radius 1 is 1.32 bits per heavy atom. The van der Waals surface area contributed by atoms with Crippen LogP contribution in [0.1, 0.15) is 24.9 Å². The van der Waals surface area contributed by atoms with Crippen LogP contribution in [0.2, 0.25) is 0 Å². The fourth-order valence-electron chi connectivity index (χ4n) is 2.38. The first-order chi connectivity index (χ1) is 9.22. The van der Waals surface area contributed by atoms with Gasteiger partial charge in [-0.1, -0.05) is 13.3 Å². The molecule has 2 aromatic rings. The zero-order valence-corrected chi connectivity index (χ0v) is 13.4. The highest BCUT2D eigenvalue weighted by Gasteiger charge is 2.18. The molecule has 0 aliphatic rings. The van der Waals surface area contributed by atoms with Crippen LogP contribution in [-0.2, 0) is 26.4 Å². The monoisotopic (exact) mass is 300 g/mol. The Balaban J connectivity index is 2.50. The van der Waals surface area contributed by atoms with Crippen LogP contribution in [0.5, 0.6) is 0 Å². The smallest absolute Gasteiger partial charge is 0.158 e. The third-order valence-electron chi connectivity index (χ3n) is 3.19. The van der Waals surface area contributed by atoms with Gasteiger partial charge in [0.25, 0.3) is 0 Å². The Hall–Kier alpha value is -0.680. The number of hydrogen-bond acceptors (Lipinski definition) is 3. The van der Waals surface area contributed by atoms with E-state index in [1.54, 1.807) is 0 Å². The van der Waals surface area contributed by atoms with E-state index in [0.717, 1.165) is 54.2 Å². The van der Waals surface area contributed by atoms with Gasteiger partial charge >= 0.3 is 0 Å². The third kappa shape index (κ3) is 2.92. The Morgan fingerprint density at radius 2 is 2.11 bits per heavy atom. The molecule has 0 spiro atoms. The van der Waals surface area contributed by atoms with E-state index in [0.29, 0.717) is 5.88 Å². The van der Waals surface area contributed by atoms with Crippen LogP contribution in [-0.4, -0.2) is 37.2 Å². The summed E-state index contributed by atoms with van der Waals surface area (Å²) in [6.45, 7) is 3.14. The minimum Gasteiger partial charge on any atom is -0.312 e. The van der Waals surface area contributed by atoms with E-state index in [4.69, 9.17) is 16.6 Å². The molecule has 0 aliphatic heterocycles. The lowest BCUT2D eigenvalue weighted by molar-refractivity contribution is 0.674. The Labute approximate surface area is 123 Å². The largest absolute Gasteiger partial charge is 0.312 e. The van der Waals surface area contributed by atoms with Crippen molar-refractivity contribution >= 4 is 34.5 Å². The molecule has 19 heavy (non-hydrogen) atoms. The van der Waals surface area contributed by atoms with Crippen molar-refractivity contribution in [1.29, 1.82) is 0 Å². The van der Waals surface area contributed by atoms with E-state index in [2.05, 4.69) is 22.8 Å². The number of nitrogens with zero attached hydrogens (tertiary/aromatic N) is 4. The summed E-state index contributed by atoms with van der Waals surface area (Å²) in [5.41, 5.74) is 3.31. The van der Waals surface area contributed by atoms with Crippen molar-refractivity contribution in [3.05, 3.63) is 11.5 Å². The normalized spacial score (nSPS) is 11.6. The molecule has 106 valence electrons. The van der Waals surface area contributed by atoms with E-state index in [-0.39, 0.29) is 0 Å². The number of aryl methyl sites for hydroxylation is 4. The summed E-state index contributed by atoms with van der Waals surface area (Å²) in [6, 6.07) is 0. The average molecular weight is 301 g/mol. The molecule has 0 saturated carbocycles. The molecule has 0 unspecified atom stereocenters. The molecule has 0 aliphatic carbocycles. The van der Waals surface area contributed by atoms with Gasteiger partial charge in [-0.2, -0.15) is 16.9 Å². The summed E-state index contributed by atoms with van der Waals surface area (Å²) in [5, 5.41) is 4.60. The minimum absolute atomic E-state index is 0.610. The predicted molar refractivity (Wildman–Crippen MR) is 83.3 cm³/mol. The quantitative estimate of drug-likeness (QED) is 0.738. The summed E-state index contributed by atoms with van der Waals surface area (Å²) in [4.78, 5) is 4.78. The third-order valence-corrected chi connectivity index (χ3v) is 3.97. The summed E-state index contributed by atoms with van der Waals surface area (Å²) < 4.78 is 4.24. The van der Waals surface area contributed by atoms with Gasteiger partial charge in [0.05, 0.1) is 5.69 Å². The Kier molecular flexibility index (Phi) is 5.16. The lowest BCUT2D eigenvalue weighted by atomic mass is 10.2. The summed E-state index contributed by atoms with van der Waals surface area (Å²) in [5.74, 6) is 2.78. The number of alkyl halides is 1. The predicted octanol–water partition coefficient (Wildman–Crippen LogP) is 2.87. The first kappa shape index (κ1) is 14.7. The van der Waals surface area contributed by atoms with Crippen LogP contribution in [0.25, 0.3) is 11.2 Å². The molecule has 0 amide bonds. The molecule has 0 radical (unpaired) electrons. The van der Waals surface area contributed by atoms with Gasteiger partial charge in [-0.25, -0.2) is 4.98 Å². The molecule has 0 atom stereocenters. The van der Waals surface area contributed by atoms with Gasteiger partial charge in [0, 0.05) is 31.6 Å². The van der Waals surface area contributed by atoms with E-state index in [1.807, 2.05) is 23.5 Å². The summed E-state index contributed by atoms with van der Waals surface area (Å²) in [7, 11) is 2.00. The Bertz CT molecular complexity index is 546. The van der Waals surface area contributed by atoms with Gasteiger partial charge in [-0.3, -0.25) is 4.68 Å². The van der Waals surface area contributed by atoms with Gasteiger partial charge < -0.3 is 4.57 Å². The average Bonchev–Trinajstić information content (AvgIpc) is 2.88. The lowest BCUT2D eigenvalue weighted by Gasteiger charge is -2.07. The number of rotatable bonds is 7. The summed E-state index contributed by atoms with van der Waals surface area (Å²) in [6.07, 6.45) is 5.02.